The lowest BCUT2D eigenvalue weighted by molar-refractivity contribution is -0.143. The zero-order valence-corrected chi connectivity index (χ0v) is 13.3. The molecule has 8 heteroatoms. The molecule has 0 unspecified atom stereocenters. The molecule has 0 aliphatic carbocycles. The van der Waals surface area contributed by atoms with Gasteiger partial charge in [-0.15, -0.1) is 0 Å². The minimum absolute atomic E-state index is 0.0967. The molecule has 1 aromatic carbocycles. The molecule has 0 spiro atoms. The van der Waals surface area contributed by atoms with E-state index in [9.17, 15) is 30.3 Å². The third-order valence-corrected chi connectivity index (χ3v) is 3.13. The van der Waals surface area contributed by atoms with Crippen LogP contribution in [0.25, 0.3) is 0 Å². The predicted molar refractivity (Wildman–Crippen MR) is 79.9 cm³/mol. The van der Waals surface area contributed by atoms with Gasteiger partial charge in [-0.25, -0.2) is 0 Å². The lowest BCUT2D eigenvalue weighted by Crippen LogP contribution is -2.13. The number of phenolic OH excluding ortho intramolecular Hbond substituents is 2. The van der Waals surface area contributed by atoms with Crippen molar-refractivity contribution in [3.05, 3.63) is 22.3 Å². The number of carbonyl (C=O) groups excluding carboxylic acids is 2. The van der Waals surface area contributed by atoms with Crippen LogP contribution in [0.15, 0.2) is 0 Å². The monoisotopic (exact) mass is 332 g/mol. The Labute approximate surface area is 138 Å². The Hall–Kier alpha value is -3.26. The van der Waals surface area contributed by atoms with E-state index in [1.165, 1.54) is 0 Å². The SMILES string of the molecule is CCOC(=O)Cc1c(O)c(C#N)c(CC(=O)OCC)c(O)c1C#N. The van der Waals surface area contributed by atoms with Gasteiger partial charge >= 0.3 is 11.9 Å². The Morgan fingerprint density at radius 2 is 1.21 bits per heavy atom. The number of esters is 2. The molecule has 0 aliphatic rings. The summed E-state index contributed by atoms with van der Waals surface area (Å²) in [7, 11) is 0. The van der Waals surface area contributed by atoms with Gasteiger partial charge in [-0.2, -0.15) is 10.5 Å². The van der Waals surface area contributed by atoms with Crippen LogP contribution in [-0.4, -0.2) is 35.4 Å². The summed E-state index contributed by atoms with van der Waals surface area (Å²) in [6.07, 6.45) is -0.991. The minimum Gasteiger partial charge on any atom is -0.506 e. The van der Waals surface area contributed by atoms with Gasteiger partial charge in [-0.3, -0.25) is 9.59 Å². The van der Waals surface area contributed by atoms with Crippen molar-refractivity contribution < 1.29 is 29.3 Å². The maximum Gasteiger partial charge on any atom is 0.310 e. The zero-order chi connectivity index (χ0) is 18.3. The van der Waals surface area contributed by atoms with Gasteiger partial charge < -0.3 is 19.7 Å². The van der Waals surface area contributed by atoms with Gasteiger partial charge in [0.2, 0.25) is 0 Å². The van der Waals surface area contributed by atoms with Crippen molar-refractivity contribution in [2.45, 2.75) is 26.7 Å². The molecular weight excluding hydrogens is 316 g/mol. The van der Waals surface area contributed by atoms with E-state index in [1.807, 2.05) is 0 Å². The molecule has 0 radical (unpaired) electrons. The largest absolute Gasteiger partial charge is 0.506 e. The van der Waals surface area contributed by atoms with Crippen LogP contribution in [0.2, 0.25) is 0 Å². The highest BCUT2D eigenvalue weighted by Gasteiger charge is 2.27. The number of benzene rings is 1. The van der Waals surface area contributed by atoms with E-state index in [2.05, 4.69) is 0 Å². The first kappa shape index (κ1) is 18.8. The van der Waals surface area contributed by atoms with Crippen LogP contribution in [-0.2, 0) is 31.9 Å². The summed E-state index contributed by atoms with van der Waals surface area (Å²) in [6, 6.07) is 3.34. The molecule has 0 fully saturated rings. The van der Waals surface area contributed by atoms with E-state index in [0.29, 0.717) is 0 Å². The fraction of sp³-hybridized carbons (Fsp3) is 0.375. The van der Waals surface area contributed by atoms with Crippen molar-refractivity contribution in [2.24, 2.45) is 0 Å². The van der Waals surface area contributed by atoms with Crippen LogP contribution < -0.4 is 0 Å². The number of nitriles is 2. The lowest BCUT2D eigenvalue weighted by atomic mass is 9.93. The number of rotatable bonds is 6. The zero-order valence-electron chi connectivity index (χ0n) is 13.3. The molecule has 8 nitrogen and oxygen atoms in total. The van der Waals surface area contributed by atoms with Crippen LogP contribution in [0.3, 0.4) is 0 Å². The predicted octanol–water partition coefficient (Wildman–Crippen LogP) is 1.05. The topological polar surface area (TPSA) is 141 Å². The molecule has 0 atom stereocenters. The Morgan fingerprint density at radius 1 is 0.875 bits per heavy atom. The van der Waals surface area contributed by atoms with Crippen LogP contribution in [0.1, 0.15) is 36.1 Å². The quantitative estimate of drug-likeness (QED) is 0.581. The molecule has 0 saturated heterocycles. The van der Waals surface area contributed by atoms with Crippen molar-refractivity contribution >= 4 is 11.9 Å². The number of aromatic hydroxyl groups is 2. The smallest absolute Gasteiger partial charge is 0.310 e. The number of hydrogen-bond donors (Lipinski definition) is 2. The van der Waals surface area contributed by atoms with Crippen LogP contribution in [0, 0.1) is 22.7 Å². The number of hydrogen-bond acceptors (Lipinski definition) is 8. The van der Waals surface area contributed by atoms with Gasteiger partial charge in [0.1, 0.15) is 34.8 Å². The van der Waals surface area contributed by atoms with E-state index < -0.39 is 36.3 Å². The maximum atomic E-state index is 11.6. The molecule has 126 valence electrons. The Kier molecular flexibility index (Phi) is 6.57. The Balaban J connectivity index is 3.48. The highest BCUT2D eigenvalue weighted by Crippen LogP contribution is 2.37. The summed E-state index contributed by atoms with van der Waals surface area (Å²) >= 11 is 0. The molecule has 24 heavy (non-hydrogen) atoms. The lowest BCUT2D eigenvalue weighted by Gasteiger charge is -2.14. The molecule has 1 aromatic rings. The number of carbonyl (C=O) groups is 2. The molecule has 0 saturated carbocycles. The molecule has 0 amide bonds. The Morgan fingerprint density at radius 3 is 1.46 bits per heavy atom. The van der Waals surface area contributed by atoms with Crippen molar-refractivity contribution in [2.75, 3.05) is 13.2 Å². The fourth-order valence-corrected chi connectivity index (χ4v) is 2.12. The molecule has 1 rings (SSSR count). The minimum atomic E-state index is -0.731. The second kappa shape index (κ2) is 8.39. The summed E-state index contributed by atoms with van der Waals surface area (Å²) in [4.78, 5) is 23.2. The fourth-order valence-electron chi connectivity index (χ4n) is 2.12. The average Bonchev–Trinajstić information content (AvgIpc) is 2.53. The average molecular weight is 332 g/mol. The third kappa shape index (κ3) is 3.93. The Bertz CT molecular complexity index is 679. The summed E-state index contributed by atoms with van der Waals surface area (Å²) in [5.41, 5.74) is -1.23. The normalized spacial score (nSPS) is 9.67. The molecule has 0 aliphatic heterocycles. The molecular formula is C16H16N2O6. The van der Waals surface area contributed by atoms with Crippen molar-refractivity contribution in [3.8, 4) is 23.6 Å². The first-order valence-corrected chi connectivity index (χ1v) is 7.12. The van der Waals surface area contributed by atoms with Crippen molar-refractivity contribution in [1.29, 1.82) is 10.5 Å². The van der Waals surface area contributed by atoms with Crippen molar-refractivity contribution in [1.82, 2.24) is 0 Å². The highest BCUT2D eigenvalue weighted by atomic mass is 16.5. The van der Waals surface area contributed by atoms with Gasteiger partial charge in [0.25, 0.3) is 0 Å². The standard InChI is InChI=1S/C16H16N2O6/c1-3-23-13(19)5-9-11(7-17)16(22)10(6-14(20)24-4-2)12(8-18)15(9)21/h21-22H,3-6H2,1-2H3. The summed E-state index contributed by atoms with van der Waals surface area (Å²) in [5.74, 6) is -2.74. The number of ether oxygens (including phenoxy) is 2. The number of phenols is 2. The first-order chi connectivity index (χ1) is 11.4. The van der Waals surface area contributed by atoms with E-state index >= 15 is 0 Å². The first-order valence-electron chi connectivity index (χ1n) is 7.12. The molecule has 0 heterocycles. The molecule has 0 aromatic heterocycles. The van der Waals surface area contributed by atoms with E-state index in [0.717, 1.165) is 0 Å². The highest BCUT2D eigenvalue weighted by molar-refractivity contribution is 5.81. The van der Waals surface area contributed by atoms with E-state index in [4.69, 9.17) is 9.47 Å². The van der Waals surface area contributed by atoms with Crippen LogP contribution >= 0.6 is 0 Å². The van der Waals surface area contributed by atoms with E-state index in [-0.39, 0.29) is 35.5 Å². The van der Waals surface area contributed by atoms with Crippen LogP contribution in [0.5, 0.6) is 11.5 Å². The molecule has 0 bridgehead atoms. The van der Waals surface area contributed by atoms with Gasteiger partial charge in [0, 0.05) is 11.1 Å². The second-order valence-corrected chi connectivity index (χ2v) is 4.59. The van der Waals surface area contributed by atoms with Gasteiger partial charge in [0.15, 0.2) is 0 Å². The number of nitrogens with zero attached hydrogens (tertiary/aromatic N) is 2. The van der Waals surface area contributed by atoms with Gasteiger partial charge in [0.05, 0.1) is 26.1 Å². The van der Waals surface area contributed by atoms with Crippen molar-refractivity contribution in [3.63, 3.8) is 0 Å². The summed E-state index contributed by atoms with van der Waals surface area (Å²) < 4.78 is 9.48. The third-order valence-electron chi connectivity index (χ3n) is 3.13. The van der Waals surface area contributed by atoms with E-state index in [1.54, 1.807) is 26.0 Å². The molecule has 2 N–H and O–H groups in total. The van der Waals surface area contributed by atoms with Gasteiger partial charge in [-0.1, -0.05) is 0 Å². The summed E-state index contributed by atoms with van der Waals surface area (Å²) in [5, 5.41) is 38.9. The van der Waals surface area contributed by atoms with Gasteiger partial charge in [-0.05, 0) is 13.8 Å². The van der Waals surface area contributed by atoms with Crippen LogP contribution in [0.4, 0.5) is 0 Å². The maximum absolute atomic E-state index is 11.6. The second-order valence-electron chi connectivity index (χ2n) is 4.59. The summed E-state index contributed by atoms with van der Waals surface area (Å²) in [6.45, 7) is 3.37.